The van der Waals surface area contributed by atoms with Crippen LogP contribution >= 0.6 is 11.6 Å². The molecule has 2 aromatic rings. The van der Waals surface area contributed by atoms with Crippen LogP contribution in [0.4, 0.5) is 4.39 Å². The first-order valence-electron chi connectivity index (χ1n) is 6.86. The van der Waals surface area contributed by atoms with Gasteiger partial charge in [0.25, 0.3) is 0 Å². The van der Waals surface area contributed by atoms with Crippen molar-refractivity contribution in [2.45, 2.75) is 25.9 Å². The van der Waals surface area contributed by atoms with E-state index in [1.165, 1.54) is 18.2 Å². The number of carbonyl (C=O) groups excluding carboxylic acids is 1. The average Bonchev–Trinajstić information content (AvgIpc) is 2.48. The van der Waals surface area contributed by atoms with Crippen LogP contribution in [0, 0.1) is 5.82 Å². The third-order valence-electron chi connectivity index (χ3n) is 3.63. The van der Waals surface area contributed by atoms with E-state index < -0.39 is 0 Å². The molecule has 0 fully saturated rings. The summed E-state index contributed by atoms with van der Waals surface area (Å²) in [5.74, 6) is 0.522. The van der Waals surface area contributed by atoms with E-state index in [-0.39, 0.29) is 18.2 Å². The predicted molar refractivity (Wildman–Crippen MR) is 79.5 cm³/mol. The number of hydrogen-bond donors (Lipinski definition) is 0. The maximum atomic E-state index is 13.2. The lowest BCUT2D eigenvalue weighted by Gasteiger charge is -2.16. The van der Waals surface area contributed by atoms with Crippen molar-refractivity contribution in [2.75, 3.05) is 0 Å². The molecular weight excluding hydrogens is 291 g/mol. The number of ketones is 1. The molecule has 0 unspecified atom stereocenters. The fourth-order valence-corrected chi connectivity index (χ4v) is 2.70. The van der Waals surface area contributed by atoms with Crippen LogP contribution in [-0.2, 0) is 13.0 Å². The van der Waals surface area contributed by atoms with Crippen LogP contribution in [0.5, 0.6) is 5.75 Å². The lowest BCUT2D eigenvalue weighted by atomic mass is 9.90. The van der Waals surface area contributed by atoms with Gasteiger partial charge in [-0.05, 0) is 54.8 Å². The largest absolute Gasteiger partial charge is 0.489 e. The minimum Gasteiger partial charge on any atom is -0.489 e. The quantitative estimate of drug-likeness (QED) is 0.830. The van der Waals surface area contributed by atoms with Gasteiger partial charge in [0.2, 0.25) is 0 Å². The molecule has 0 aromatic heterocycles. The van der Waals surface area contributed by atoms with Crippen molar-refractivity contribution in [3.8, 4) is 5.75 Å². The van der Waals surface area contributed by atoms with E-state index in [1.807, 2.05) is 6.07 Å². The predicted octanol–water partition coefficient (Wildman–Crippen LogP) is 4.58. The van der Waals surface area contributed by atoms with Gasteiger partial charge in [-0.3, -0.25) is 4.79 Å². The highest BCUT2D eigenvalue weighted by atomic mass is 35.5. The van der Waals surface area contributed by atoms with Crippen LogP contribution in [0.2, 0.25) is 5.02 Å². The molecule has 0 radical (unpaired) electrons. The monoisotopic (exact) mass is 304 g/mol. The molecule has 1 aliphatic carbocycles. The van der Waals surface area contributed by atoms with Crippen LogP contribution in [-0.4, -0.2) is 5.78 Å². The van der Waals surface area contributed by atoms with Gasteiger partial charge in [0, 0.05) is 22.6 Å². The van der Waals surface area contributed by atoms with Gasteiger partial charge in [-0.1, -0.05) is 11.6 Å². The maximum Gasteiger partial charge on any atom is 0.163 e. The molecule has 2 aromatic carbocycles. The first kappa shape index (κ1) is 14.1. The van der Waals surface area contributed by atoms with Crippen molar-refractivity contribution in [2.24, 2.45) is 0 Å². The molecule has 0 atom stereocenters. The standard InChI is InChI=1S/C17H14ClFO2/c18-16-7-4-13(19)8-12(16)10-21-14-5-6-15-11(9-14)2-1-3-17(15)20/h4-9H,1-3,10H2. The summed E-state index contributed by atoms with van der Waals surface area (Å²) >= 11 is 6.01. The highest BCUT2D eigenvalue weighted by molar-refractivity contribution is 6.31. The summed E-state index contributed by atoms with van der Waals surface area (Å²) in [7, 11) is 0. The number of rotatable bonds is 3. The molecule has 0 N–H and O–H groups in total. The molecule has 0 saturated heterocycles. The molecule has 0 amide bonds. The van der Waals surface area contributed by atoms with Crippen LogP contribution in [0.15, 0.2) is 36.4 Å². The fraction of sp³-hybridized carbons (Fsp3) is 0.235. The maximum absolute atomic E-state index is 13.2. The summed E-state index contributed by atoms with van der Waals surface area (Å²) in [6, 6.07) is 9.66. The Morgan fingerprint density at radius 1 is 1.14 bits per heavy atom. The van der Waals surface area contributed by atoms with Crippen molar-refractivity contribution in [3.05, 3.63) is 63.9 Å². The van der Waals surface area contributed by atoms with Gasteiger partial charge in [0.05, 0.1) is 0 Å². The number of benzene rings is 2. The summed E-state index contributed by atoms with van der Waals surface area (Å²) in [4.78, 5) is 11.8. The highest BCUT2D eigenvalue weighted by Crippen LogP contribution is 2.26. The lowest BCUT2D eigenvalue weighted by Crippen LogP contribution is -2.10. The molecule has 0 bridgehead atoms. The van der Waals surface area contributed by atoms with E-state index in [4.69, 9.17) is 16.3 Å². The van der Waals surface area contributed by atoms with Crippen molar-refractivity contribution < 1.29 is 13.9 Å². The minimum absolute atomic E-state index is 0.191. The van der Waals surface area contributed by atoms with Gasteiger partial charge in [-0.2, -0.15) is 0 Å². The average molecular weight is 305 g/mol. The fourth-order valence-electron chi connectivity index (χ4n) is 2.53. The zero-order chi connectivity index (χ0) is 14.8. The van der Waals surface area contributed by atoms with Gasteiger partial charge in [0.15, 0.2) is 5.78 Å². The number of halogens is 2. The topological polar surface area (TPSA) is 26.3 Å². The van der Waals surface area contributed by atoms with Crippen molar-refractivity contribution in [1.29, 1.82) is 0 Å². The Labute approximate surface area is 127 Å². The third-order valence-corrected chi connectivity index (χ3v) is 4.00. The Morgan fingerprint density at radius 2 is 2.00 bits per heavy atom. The molecule has 21 heavy (non-hydrogen) atoms. The zero-order valence-electron chi connectivity index (χ0n) is 11.4. The summed E-state index contributed by atoms with van der Waals surface area (Å²) in [5.41, 5.74) is 2.41. The van der Waals surface area contributed by atoms with Gasteiger partial charge in [0.1, 0.15) is 18.2 Å². The summed E-state index contributed by atoms with van der Waals surface area (Å²) in [6.45, 7) is 0.198. The Bertz CT molecular complexity index is 697. The zero-order valence-corrected chi connectivity index (χ0v) is 12.1. The van der Waals surface area contributed by atoms with Crippen LogP contribution in [0.1, 0.15) is 34.3 Å². The Kier molecular flexibility index (Phi) is 3.93. The Morgan fingerprint density at radius 3 is 2.86 bits per heavy atom. The molecule has 4 heteroatoms. The van der Waals surface area contributed by atoms with Crippen LogP contribution in [0.3, 0.4) is 0 Å². The Hall–Kier alpha value is -1.87. The van der Waals surface area contributed by atoms with Crippen molar-refractivity contribution in [3.63, 3.8) is 0 Å². The minimum atomic E-state index is -0.339. The summed E-state index contributed by atoms with van der Waals surface area (Å²) in [5, 5.41) is 0.476. The Balaban J connectivity index is 1.77. The molecule has 0 aliphatic heterocycles. The number of aryl methyl sites for hydroxylation is 1. The van der Waals surface area contributed by atoms with E-state index in [2.05, 4.69) is 0 Å². The van der Waals surface area contributed by atoms with Crippen molar-refractivity contribution >= 4 is 17.4 Å². The lowest BCUT2D eigenvalue weighted by molar-refractivity contribution is 0.0972. The molecule has 2 nitrogen and oxygen atoms in total. The van der Waals surface area contributed by atoms with Crippen LogP contribution < -0.4 is 4.74 Å². The highest BCUT2D eigenvalue weighted by Gasteiger charge is 2.17. The molecule has 1 aliphatic rings. The van der Waals surface area contributed by atoms with E-state index >= 15 is 0 Å². The second-order valence-corrected chi connectivity index (χ2v) is 5.53. The van der Waals surface area contributed by atoms with E-state index in [0.29, 0.717) is 22.8 Å². The number of carbonyl (C=O) groups is 1. The van der Waals surface area contributed by atoms with Crippen LogP contribution in [0.25, 0.3) is 0 Å². The molecule has 3 rings (SSSR count). The molecule has 0 spiro atoms. The molecule has 0 heterocycles. The normalized spacial score (nSPS) is 13.9. The number of ether oxygens (including phenoxy) is 1. The molecular formula is C17H14ClFO2. The number of Topliss-reactive ketones (excluding diaryl/α,β-unsaturated/α-hetero) is 1. The number of fused-ring (bicyclic) bond motifs is 1. The van der Waals surface area contributed by atoms with E-state index in [0.717, 1.165) is 24.0 Å². The SMILES string of the molecule is O=C1CCCc2cc(OCc3cc(F)ccc3Cl)ccc21. The van der Waals surface area contributed by atoms with E-state index in [9.17, 15) is 9.18 Å². The second kappa shape index (κ2) is 5.86. The molecule has 0 saturated carbocycles. The van der Waals surface area contributed by atoms with Gasteiger partial charge >= 0.3 is 0 Å². The summed E-state index contributed by atoms with van der Waals surface area (Å²) in [6.07, 6.45) is 2.39. The van der Waals surface area contributed by atoms with Crippen molar-refractivity contribution in [1.82, 2.24) is 0 Å². The molecule has 108 valence electrons. The first-order valence-corrected chi connectivity index (χ1v) is 7.24. The number of hydrogen-bond acceptors (Lipinski definition) is 2. The first-order chi connectivity index (χ1) is 10.1. The van der Waals surface area contributed by atoms with E-state index in [1.54, 1.807) is 12.1 Å². The second-order valence-electron chi connectivity index (χ2n) is 5.12. The van der Waals surface area contributed by atoms with Gasteiger partial charge in [-0.25, -0.2) is 4.39 Å². The summed E-state index contributed by atoms with van der Waals surface area (Å²) < 4.78 is 18.9. The van der Waals surface area contributed by atoms with Gasteiger partial charge in [-0.15, -0.1) is 0 Å². The van der Waals surface area contributed by atoms with Gasteiger partial charge < -0.3 is 4.74 Å². The third kappa shape index (κ3) is 3.08. The smallest absolute Gasteiger partial charge is 0.163 e.